The molecule has 1 saturated heterocycles. The number of benzene rings is 1. The van der Waals surface area contributed by atoms with Gasteiger partial charge in [0.05, 0.1) is 6.61 Å². The summed E-state index contributed by atoms with van der Waals surface area (Å²) < 4.78 is 28.2. The van der Waals surface area contributed by atoms with Crippen LogP contribution in [0.5, 0.6) is 5.75 Å². The van der Waals surface area contributed by atoms with Crippen molar-refractivity contribution in [2.24, 2.45) is 0 Å². The number of hydrogen-bond donors (Lipinski definition) is 1. The zero-order valence-electron chi connectivity index (χ0n) is 19.7. The Balaban J connectivity index is 2.39. The van der Waals surface area contributed by atoms with Crippen LogP contribution in [0.4, 0.5) is 0 Å². The first kappa shape index (κ1) is 27.1. The second-order valence-corrected chi connectivity index (χ2v) is 7.81. The van der Waals surface area contributed by atoms with E-state index >= 15 is 0 Å². The monoisotopic (exact) mass is 480 g/mol. The normalized spacial score (nSPS) is 21.9. The number of carboxylic acid groups (broad SMARTS) is 1. The van der Waals surface area contributed by atoms with Crippen LogP contribution in [0.25, 0.3) is 0 Å². The number of esters is 3. The molecule has 0 radical (unpaired) electrons. The number of carbonyl (C=O) groups is 4. The summed E-state index contributed by atoms with van der Waals surface area (Å²) in [6.07, 6.45) is -2.90. The highest BCUT2D eigenvalue weighted by Crippen LogP contribution is 2.29. The van der Waals surface area contributed by atoms with E-state index in [2.05, 4.69) is 0 Å². The number of carboxylic acids is 1. The first-order chi connectivity index (χ1) is 16.3. The molecule has 1 aliphatic rings. The number of para-hydroxylation sites is 1. The minimum atomic E-state index is -1.30. The zero-order valence-corrected chi connectivity index (χ0v) is 19.7. The molecular formula is C24H32O10. The highest BCUT2D eigenvalue weighted by Gasteiger charge is 2.49. The van der Waals surface area contributed by atoms with Crippen LogP contribution in [-0.4, -0.2) is 60.2 Å². The van der Waals surface area contributed by atoms with Gasteiger partial charge in [0.25, 0.3) is 0 Å². The van der Waals surface area contributed by atoms with E-state index in [9.17, 15) is 24.3 Å². The van der Waals surface area contributed by atoms with E-state index in [4.69, 9.17) is 23.7 Å². The van der Waals surface area contributed by atoms with Gasteiger partial charge in [-0.05, 0) is 31.4 Å². The van der Waals surface area contributed by atoms with Crippen LogP contribution in [0.2, 0.25) is 0 Å². The minimum Gasteiger partial charge on any atom is -0.478 e. The standard InChI is InChI=1S/C24H32O10/c1-4-9-18(25)31-17-14-30-24(32-16-13-8-7-12-15(16)23(28)29)22(34-20(27)11-6-3)21(17)33-19(26)10-5-2/h7-8,12-13,17,21-22,24H,4-6,9-11,14H2,1-3H3,(H,28,29)/t17-,21-,22-,24?/m1/s1. The molecule has 1 heterocycles. The molecule has 1 fully saturated rings. The van der Waals surface area contributed by atoms with Gasteiger partial charge in [-0.25, -0.2) is 4.79 Å². The molecule has 0 amide bonds. The summed E-state index contributed by atoms with van der Waals surface area (Å²) in [5, 5.41) is 9.47. The van der Waals surface area contributed by atoms with Gasteiger partial charge in [0.1, 0.15) is 11.3 Å². The van der Waals surface area contributed by atoms with Gasteiger partial charge < -0.3 is 28.8 Å². The highest BCUT2D eigenvalue weighted by molar-refractivity contribution is 5.90. The van der Waals surface area contributed by atoms with E-state index in [1.54, 1.807) is 19.9 Å². The summed E-state index contributed by atoms with van der Waals surface area (Å²) in [6.45, 7) is 5.21. The van der Waals surface area contributed by atoms with E-state index < -0.39 is 48.5 Å². The Morgan fingerprint density at radius 1 is 0.853 bits per heavy atom. The third-order valence-corrected chi connectivity index (χ3v) is 4.92. The van der Waals surface area contributed by atoms with E-state index in [0.29, 0.717) is 19.3 Å². The lowest BCUT2D eigenvalue weighted by molar-refractivity contribution is -0.261. The maximum atomic E-state index is 12.4. The third-order valence-electron chi connectivity index (χ3n) is 4.92. The fourth-order valence-corrected chi connectivity index (χ4v) is 3.35. The van der Waals surface area contributed by atoms with Crippen molar-refractivity contribution in [3.8, 4) is 5.75 Å². The molecule has 0 aliphatic carbocycles. The average Bonchev–Trinajstić information content (AvgIpc) is 2.78. The van der Waals surface area contributed by atoms with Crippen molar-refractivity contribution in [3.63, 3.8) is 0 Å². The number of rotatable bonds is 12. The molecule has 34 heavy (non-hydrogen) atoms. The molecule has 4 atom stereocenters. The smallest absolute Gasteiger partial charge is 0.339 e. The fourth-order valence-electron chi connectivity index (χ4n) is 3.35. The summed E-state index contributed by atoms with van der Waals surface area (Å²) in [5.41, 5.74) is -0.124. The molecule has 1 aromatic carbocycles. The summed E-state index contributed by atoms with van der Waals surface area (Å²) in [6, 6.07) is 5.90. The number of carbonyl (C=O) groups excluding carboxylic acids is 3. The Bertz CT molecular complexity index is 852. The molecule has 0 spiro atoms. The topological polar surface area (TPSA) is 135 Å². The summed E-state index contributed by atoms with van der Waals surface area (Å²) in [7, 11) is 0. The lowest BCUT2D eigenvalue weighted by Crippen LogP contribution is -2.59. The third kappa shape index (κ3) is 7.72. The quantitative estimate of drug-likeness (QED) is 0.351. The maximum Gasteiger partial charge on any atom is 0.339 e. The predicted octanol–water partition coefficient (Wildman–Crippen LogP) is 3.26. The second kappa shape index (κ2) is 13.5. The first-order valence-electron chi connectivity index (χ1n) is 11.5. The second-order valence-electron chi connectivity index (χ2n) is 7.81. The number of hydrogen-bond acceptors (Lipinski definition) is 9. The van der Waals surface area contributed by atoms with Gasteiger partial charge in [-0.1, -0.05) is 32.9 Å². The molecule has 10 nitrogen and oxygen atoms in total. The molecule has 188 valence electrons. The van der Waals surface area contributed by atoms with E-state index in [1.807, 2.05) is 6.92 Å². The van der Waals surface area contributed by atoms with Crippen molar-refractivity contribution in [2.45, 2.75) is 83.9 Å². The maximum absolute atomic E-state index is 12.4. The van der Waals surface area contributed by atoms with Crippen molar-refractivity contribution in [1.82, 2.24) is 0 Å². The van der Waals surface area contributed by atoms with Crippen LogP contribution in [0.3, 0.4) is 0 Å². The van der Waals surface area contributed by atoms with Crippen molar-refractivity contribution < 1.29 is 48.0 Å². The Hall–Kier alpha value is -3.14. The Morgan fingerprint density at radius 2 is 1.38 bits per heavy atom. The number of ether oxygens (including phenoxy) is 5. The molecule has 2 rings (SSSR count). The SMILES string of the molecule is CCCC(=O)O[C@@H]1[C@H](OC(=O)CCC)COC(Oc2ccccc2C(=O)O)[C@@H]1OC(=O)CCC. The van der Waals surface area contributed by atoms with Crippen LogP contribution in [-0.2, 0) is 33.3 Å². The van der Waals surface area contributed by atoms with E-state index in [-0.39, 0.29) is 37.2 Å². The molecule has 1 unspecified atom stereocenters. The summed E-state index contributed by atoms with van der Waals surface area (Å²) in [5.74, 6) is -2.90. The molecule has 0 bridgehead atoms. The Labute approximate surface area is 198 Å². The van der Waals surface area contributed by atoms with Crippen LogP contribution in [0.1, 0.15) is 69.7 Å². The van der Waals surface area contributed by atoms with Crippen LogP contribution >= 0.6 is 0 Å². The molecular weight excluding hydrogens is 448 g/mol. The Morgan fingerprint density at radius 3 is 1.94 bits per heavy atom. The van der Waals surface area contributed by atoms with Crippen LogP contribution < -0.4 is 4.74 Å². The average molecular weight is 481 g/mol. The molecule has 0 aromatic heterocycles. The first-order valence-corrected chi connectivity index (χ1v) is 11.5. The van der Waals surface area contributed by atoms with Crippen molar-refractivity contribution in [3.05, 3.63) is 29.8 Å². The highest BCUT2D eigenvalue weighted by atomic mass is 16.7. The van der Waals surface area contributed by atoms with Crippen LogP contribution in [0, 0.1) is 0 Å². The molecule has 1 aliphatic heterocycles. The van der Waals surface area contributed by atoms with Crippen molar-refractivity contribution in [1.29, 1.82) is 0 Å². The van der Waals surface area contributed by atoms with Crippen molar-refractivity contribution in [2.75, 3.05) is 6.61 Å². The lowest BCUT2D eigenvalue weighted by atomic mass is 10.0. The summed E-state index contributed by atoms with van der Waals surface area (Å²) >= 11 is 0. The van der Waals surface area contributed by atoms with Gasteiger partial charge in [-0.3, -0.25) is 14.4 Å². The molecule has 0 saturated carbocycles. The summed E-state index contributed by atoms with van der Waals surface area (Å²) in [4.78, 5) is 48.5. The van der Waals surface area contributed by atoms with Gasteiger partial charge in [0, 0.05) is 19.3 Å². The molecule has 1 N–H and O–H groups in total. The van der Waals surface area contributed by atoms with E-state index in [1.165, 1.54) is 18.2 Å². The Kier molecular flexibility index (Phi) is 10.8. The van der Waals surface area contributed by atoms with Gasteiger partial charge in [0.2, 0.25) is 12.4 Å². The van der Waals surface area contributed by atoms with E-state index in [0.717, 1.165) is 0 Å². The van der Waals surface area contributed by atoms with Gasteiger partial charge in [-0.15, -0.1) is 0 Å². The predicted molar refractivity (Wildman–Crippen MR) is 118 cm³/mol. The lowest BCUT2D eigenvalue weighted by Gasteiger charge is -2.40. The van der Waals surface area contributed by atoms with Gasteiger partial charge in [-0.2, -0.15) is 0 Å². The fraction of sp³-hybridized carbons (Fsp3) is 0.583. The number of aromatic carboxylic acids is 1. The molecule has 1 aromatic rings. The van der Waals surface area contributed by atoms with Gasteiger partial charge >= 0.3 is 23.9 Å². The minimum absolute atomic E-state index is 0.0170. The van der Waals surface area contributed by atoms with Crippen LogP contribution in [0.15, 0.2) is 24.3 Å². The zero-order chi connectivity index (χ0) is 25.1. The van der Waals surface area contributed by atoms with Gasteiger partial charge in [0.15, 0.2) is 12.2 Å². The van der Waals surface area contributed by atoms with Crippen molar-refractivity contribution >= 4 is 23.9 Å². The largest absolute Gasteiger partial charge is 0.478 e. The molecule has 10 heteroatoms.